The summed E-state index contributed by atoms with van der Waals surface area (Å²) in [6, 6.07) is 3.54. The highest BCUT2D eigenvalue weighted by molar-refractivity contribution is 7.99. The third-order valence-electron chi connectivity index (χ3n) is 3.09. The maximum atomic E-state index is 9.40. The first-order valence-corrected chi connectivity index (χ1v) is 6.74. The summed E-state index contributed by atoms with van der Waals surface area (Å²) in [6.07, 6.45) is 6.21. The minimum atomic E-state index is 0.288. The number of hydrogen-bond acceptors (Lipinski definition) is 3. The summed E-state index contributed by atoms with van der Waals surface area (Å²) in [5, 5.41) is 9.40. The minimum Gasteiger partial charge on any atom is -0.506 e. The van der Waals surface area contributed by atoms with Gasteiger partial charge in [-0.15, -0.1) is 0 Å². The number of thioether (sulfide) groups is 1. The number of hydrogen-bond donors (Lipinski definition) is 1. The smallest absolute Gasteiger partial charge is 0.137 e. The van der Waals surface area contributed by atoms with Crippen molar-refractivity contribution >= 4 is 17.4 Å². The molecule has 0 radical (unpaired) electrons. The molecule has 0 saturated carbocycles. The van der Waals surface area contributed by atoms with Crippen LogP contribution in [-0.2, 0) is 0 Å². The van der Waals surface area contributed by atoms with E-state index in [-0.39, 0.29) is 5.75 Å². The minimum absolute atomic E-state index is 0.288. The standard InChI is InChI=1S/C12H14N2OS/c15-10-1-2-12-13-11(8-14(12)7-10)9-3-5-16-6-4-9/h1-2,7-9,15H,3-6H2. The Morgan fingerprint density at radius 2 is 2.06 bits per heavy atom. The van der Waals surface area contributed by atoms with Crippen molar-refractivity contribution in [3.05, 3.63) is 30.2 Å². The van der Waals surface area contributed by atoms with E-state index in [1.165, 1.54) is 30.0 Å². The van der Waals surface area contributed by atoms with E-state index in [2.05, 4.69) is 11.2 Å². The van der Waals surface area contributed by atoms with Crippen molar-refractivity contribution in [2.75, 3.05) is 11.5 Å². The number of aromatic nitrogens is 2. The Kier molecular flexibility index (Phi) is 2.52. The van der Waals surface area contributed by atoms with Crippen molar-refractivity contribution in [2.24, 2.45) is 0 Å². The van der Waals surface area contributed by atoms with Crippen LogP contribution in [0.3, 0.4) is 0 Å². The molecular formula is C12H14N2OS. The van der Waals surface area contributed by atoms with E-state index in [9.17, 15) is 5.11 Å². The Bertz CT molecular complexity index is 503. The molecule has 0 aromatic carbocycles. The van der Waals surface area contributed by atoms with Gasteiger partial charge in [0.05, 0.1) is 11.9 Å². The second kappa shape index (κ2) is 4.01. The number of fused-ring (bicyclic) bond motifs is 1. The Hall–Kier alpha value is -1.16. The number of aromatic hydroxyl groups is 1. The van der Waals surface area contributed by atoms with Gasteiger partial charge in [0, 0.05) is 12.1 Å². The summed E-state index contributed by atoms with van der Waals surface area (Å²) in [5.41, 5.74) is 2.09. The van der Waals surface area contributed by atoms with E-state index in [1.807, 2.05) is 22.2 Å². The van der Waals surface area contributed by atoms with Crippen LogP contribution < -0.4 is 0 Å². The van der Waals surface area contributed by atoms with Gasteiger partial charge >= 0.3 is 0 Å². The first-order chi connectivity index (χ1) is 7.83. The second-order valence-electron chi connectivity index (χ2n) is 4.21. The molecule has 3 rings (SSSR count). The van der Waals surface area contributed by atoms with Gasteiger partial charge in [-0.25, -0.2) is 4.98 Å². The van der Waals surface area contributed by atoms with Crippen molar-refractivity contribution in [2.45, 2.75) is 18.8 Å². The van der Waals surface area contributed by atoms with Crippen LogP contribution >= 0.6 is 11.8 Å². The zero-order valence-corrected chi connectivity index (χ0v) is 9.78. The Labute approximate surface area is 98.5 Å². The maximum Gasteiger partial charge on any atom is 0.137 e. The summed E-state index contributed by atoms with van der Waals surface area (Å²) < 4.78 is 1.91. The van der Waals surface area contributed by atoms with Crippen LogP contribution in [0.2, 0.25) is 0 Å². The summed E-state index contributed by atoms with van der Waals surface area (Å²) >= 11 is 2.03. The number of pyridine rings is 1. The molecule has 0 aliphatic carbocycles. The van der Waals surface area contributed by atoms with Gasteiger partial charge in [0.1, 0.15) is 11.4 Å². The fraction of sp³-hybridized carbons (Fsp3) is 0.417. The molecule has 1 fully saturated rings. The molecule has 16 heavy (non-hydrogen) atoms. The van der Waals surface area contributed by atoms with Crippen LogP contribution in [0, 0.1) is 0 Å². The molecule has 0 unspecified atom stereocenters. The summed E-state index contributed by atoms with van der Waals surface area (Å²) in [7, 11) is 0. The molecule has 3 nitrogen and oxygen atoms in total. The molecule has 0 spiro atoms. The first kappa shape index (κ1) is 10.0. The molecule has 1 aliphatic heterocycles. The highest BCUT2D eigenvalue weighted by Gasteiger charge is 2.18. The van der Waals surface area contributed by atoms with Crippen molar-refractivity contribution < 1.29 is 5.11 Å². The lowest BCUT2D eigenvalue weighted by Crippen LogP contribution is -2.07. The zero-order valence-electron chi connectivity index (χ0n) is 8.97. The van der Waals surface area contributed by atoms with Gasteiger partial charge in [-0.05, 0) is 36.5 Å². The second-order valence-corrected chi connectivity index (χ2v) is 5.43. The monoisotopic (exact) mass is 234 g/mol. The van der Waals surface area contributed by atoms with E-state index in [0.717, 1.165) is 5.65 Å². The topological polar surface area (TPSA) is 37.5 Å². The normalized spacial score (nSPS) is 18.0. The third-order valence-corrected chi connectivity index (χ3v) is 4.14. The van der Waals surface area contributed by atoms with Crippen LogP contribution in [0.25, 0.3) is 5.65 Å². The molecule has 0 amide bonds. The van der Waals surface area contributed by atoms with Crippen LogP contribution in [0.4, 0.5) is 0 Å². The Morgan fingerprint density at radius 3 is 2.88 bits per heavy atom. The van der Waals surface area contributed by atoms with Gasteiger partial charge in [-0.2, -0.15) is 11.8 Å². The fourth-order valence-corrected chi connectivity index (χ4v) is 3.30. The number of rotatable bonds is 1. The van der Waals surface area contributed by atoms with E-state index >= 15 is 0 Å². The van der Waals surface area contributed by atoms with Gasteiger partial charge < -0.3 is 9.51 Å². The SMILES string of the molecule is Oc1ccc2nc(C3CCSCC3)cn2c1. The van der Waals surface area contributed by atoms with Crippen LogP contribution in [-0.4, -0.2) is 26.0 Å². The average molecular weight is 234 g/mol. The van der Waals surface area contributed by atoms with Gasteiger partial charge in [0.25, 0.3) is 0 Å². The Morgan fingerprint density at radius 1 is 1.25 bits per heavy atom. The predicted molar refractivity (Wildman–Crippen MR) is 66.2 cm³/mol. The lowest BCUT2D eigenvalue weighted by Gasteiger charge is -2.18. The van der Waals surface area contributed by atoms with Crippen LogP contribution in [0.1, 0.15) is 24.5 Å². The highest BCUT2D eigenvalue weighted by Crippen LogP contribution is 2.31. The fourth-order valence-electron chi connectivity index (χ4n) is 2.19. The van der Waals surface area contributed by atoms with Gasteiger partial charge in [0.15, 0.2) is 0 Å². The third kappa shape index (κ3) is 1.78. The largest absolute Gasteiger partial charge is 0.506 e. The van der Waals surface area contributed by atoms with Gasteiger partial charge in [0.2, 0.25) is 0 Å². The molecule has 4 heteroatoms. The van der Waals surface area contributed by atoms with Gasteiger partial charge in [-0.1, -0.05) is 0 Å². The predicted octanol–water partition coefficient (Wildman–Crippen LogP) is 2.65. The molecule has 2 aromatic rings. The zero-order chi connectivity index (χ0) is 11.0. The number of imidazole rings is 1. The van der Waals surface area contributed by atoms with E-state index in [4.69, 9.17) is 0 Å². The Balaban J connectivity index is 1.97. The van der Waals surface area contributed by atoms with Crippen LogP contribution in [0.5, 0.6) is 5.75 Å². The summed E-state index contributed by atoms with van der Waals surface area (Å²) in [4.78, 5) is 4.62. The van der Waals surface area contributed by atoms with Crippen molar-refractivity contribution in [1.82, 2.24) is 9.38 Å². The van der Waals surface area contributed by atoms with Gasteiger partial charge in [-0.3, -0.25) is 0 Å². The lowest BCUT2D eigenvalue weighted by molar-refractivity contribution is 0.472. The molecule has 84 valence electrons. The average Bonchev–Trinajstić information content (AvgIpc) is 2.73. The molecular weight excluding hydrogens is 220 g/mol. The maximum absolute atomic E-state index is 9.40. The number of nitrogens with zero attached hydrogens (tertiary/aromatic N) is 2. The molecule has 3 heterocycles. The van der Waals surface area contributed by atoms with Crippen LogP contribution in [0.15, 0.2) is 24.5 Å². The molecule has 2 aromatic heterocycles. The van der Waals surface area contributed by atoms with Crippen molar-refractivity contribution in [3.63, 3.8) is 0 Å². The summed E-state index contributed by atoms with van der Waals surface area (Å²) in [6.45, 7) is 0. The molecule has 1 N–H and O–H groups in total. The first-order valence-electron chi connectivity index (χ1n) is 5.58. The lowest BCUT2D eigenvalue weighted by atomic mass is 10.00. The molecule has 1 aliphatic rings. The van der Waals surface area contributed by atoms with E-state index in [1.54, 1.807) is 12.3 Å². The molecule has 0 atom stereocenters. The quantitative estimate of drug-likeness (QED) is 0.824. The molecule has 0 bridgehead atoms. The molecule has 1 saturated heterocycles. The summed E-state index contributed by atoms with van der Waals surface area (Å²) in [5.74, 6) is 3.37. The highest BCUT2D eigenvalue weighted by atomic mass is 32.2. The van der Waals surface area contributed by atoms with Crippen molar-refractivity contribution in [1.29, 1.82) is 0 Å². The van der Waals surface area contributed by atoms with Crippen molar-refractivity contribution in [3.8, 4) is 5.75 Å². The van der Waals surface area contributed by atoms with E-state index in [0.29, 0.717) is 5.92 Å². The van der Waals surface area contributed by atoms with E-state index < -0.39 is 0 Å².